The first-order valence-electron chi connectivity index (χ1n) is 6.81. The summed E-state index contributed by atoms with van der Waals surface area (Å²) in [5, 5.41) is 19.6. The van der Waals surface area contributed by atoms with E-state index >= 15 is 0 Å². The van der Waals surface area contributed by atoms with Gasteiger partial charge in [0, 0.05) is 0 Å². The molecule has 0 bridgehead atoms. The van der Waals surface area contributed by atoms with Gasteiger partial charge in [0.05, 0.1) is 12.7 Å². The minimum absolute atomic E-state index is 0.0451. The van der Waals surface area contributed by atoms with Crippen molar-refractivity contribution in [1.29, 1.82) is 0 Å². The minimum Gasteiger partial charge on any atom is -0.497 e. The molecule has 1 saturated carbocycles. The Kier molecular flexibility index (Phi) is 4.49. The number of aliphatic hydroxyl groups is 1. The predicted octanol–water partition coefficient (Wildman–Crippen LogP) is 2.47. The van der Waals surface area contributed by atoms with Gasteiger partial charge >= 0.3 is 5.97 Å². The smallest absolute Gasteiger partial charge is 0.339 e. The second kappa shape index (κ2) is 6.13. The Hall–Kier alpha value is -1.75. The summed E-state index contributed by atoms with van der Waals surface area (Å²) in [6.45, 7) is 0.125. The maximum absolute atomic E-state index is 11.2. The van der Waals surface area contributed by atoms with E-state index in [4.69, 9.17) is 9.47 Å². The maximum Gasteiger partial charge on any atom is 0.339 e. The summed E-state index contributed by atoms with van der Waals surface area (Å²) in [6, 6.07) is 4.63. The van der Waals surface area contributed by atoms with E-state index in [0.29, 0.717) is 18.6 Å². The van der Waals surface area contributed by atoms with Gasteiger partial charge in [0.1, 0.15) is 23.7 Å². The average molecular weight is 280 g/mol. The van der Waals surface area contributed by atoms with Crippen molar-refractivity contribution in [3.05, 3.63) is 23.8 Å². The number of carboxylic acids is 1. The Morgan fingerprint density at radius 3 is 2.60 bits per heavy atom. The van der Waals surface area contributed by atoms with Crippen molar-refractivity contribution in [3.8, 4) is 11.5 Å². The van der Waals surface area contributed by atoms with Crippen LogP contribution in [-0.2, 0) is 0 Å². The minimum atomic E-state index is -1.07. The summed E-state index contributed by atoms with van der Waals surface area (Å²) in [6.07, 6.45) is 4.49. The number of methoxy groups -OCH3 is 1. The van der Waals surface area contributed by atoms with E-state index in [9.17, 15) is 15.0 Å². The summed E-state index contributed by atoms with van der Waals surface area (Å²) >= 11 is 0. The maximum atomic E-state index is 11.2. The largest absolute Gasteiger partial charge is 0.497 e. The molecular weight excluding hydrogens is 260 g/mol. The Labute approximate surface area is 118 Å². The molecule has 1 aromatic rings. The highest BCUT2D eigenvalue weighted by Gasteiger charge is 2.30. The van der Waals surface area contributed by atoms with Crippen LogP contribution < -0.4 is 9.47 Å². The zero-order valence-corrected chi connectivity index (χ0v) is 11.6. The Bertz CT molecular complexity index is 477. The third kappa shape index (κ3) is 3.42. The molecule has 0 aliphatic heterocycles. The number of aromatic carboxylic acids is 1. The fraction of sp³-hybridized carbons (Fsp3) is 0.533. The molecule has 0 spiro atoms. The molecule has 1 fully saturated rings. The average Bonchev–Trinajstić information content (AvgIpc) is 2.45. The summed E-state index contributed by atoms with van der Waals surface area (Å²) in [5.74, 6) is -0.349. The standard InChI is InChI=1S/C15H20O5/c1-19-11-5-6-13(12(9-11)14(16)17)20-10-15(18)7-3-2-4-8-15/h5-6,9,18H,2-4,7-8,10H2,1H3,(H,16,17). The number of ether oxygens (including phenoxy) is 2. The van der Waals surface area contributed by atoms with E-state index in [1.807, 2.05) is 0 Å². The van der Waals surface area contributed by atoms with Crippen LogP contribution in [0.2, 0.25) is 0 Å². The van der Waals surface area contributed by atoms with Crippen molar-refractivity contribution < 1.29 is 24.5 Å². The number of carboxylic acid groups (broad SMARTS) is 1. The molecule has 1 aliphatic carbocycles. The normalized spacial score (nSPS) is 17.5. The molecule has 5 nitrogen and oxygen atoms in total. The quantitative estimate of drug-likeness (QED) is 0.866. The van der Waals surface area contributed by atoms with Crippen molar-refractivity contribution in [2.45, 2.75) is 37.7 Å². The molecule has 0 radical (unpaired) electrons. The van der Waals surface area contributed by atoms with E-state index in [0.717, 1.165) is 19.3 Å². The van der Waals surface area contributed by atoms with E-state index in [-0.39, 0.29) is 17.9 Å². The van der Waals surface area contributed by atoms with Crippen LogP contribution in [0.25, 0.3) is 0 Å². The van der Waals surface area contributed by atoms with Gasteiger partial charge in [-0.05, 0) is 31.0 Å². The van der Waals surface area contributed by atoms with Gasteiger partial charge in [-0.2, -0.15) is 0 Å². The highest BCUT2D eigenvalue weighted by Crippen LogP contribution is 2.30. The Balaban J connectivity index is 2.10. The molecule has 20 heavy (non-hydrogen) atoms. The summed E-state index contributed by atoms with van der Waals surface area (Å²) in [7, 11) is 1.48. The van der Waals surface area contributed by atoms with Gasteiger partial charge in [-0.25, -0.2) is 4.79 Å². The topological polar surface area (TPSA) is 76.0 Å². The van der Waals surface area contributed by atoms with Crippen LogP contribution in [0.4, 0.5) is 0 Å². The van der Waals surface area contributed by atoms with Gasteiger partial charge in [-0.15, -0.1) is 0 Å². The van der Waals surface area contributed by atoms with Gasteiger partial charge in [0.2, 0.25) is 0 Å². The van der Waals surface area contributed by atoms with Gasteiger partial charge in [0.25, 0.3) is 0 Å². The first-order valence-corrected chi connectivity index (χ1v) is 6.81. The molecule has 2 rings (SSSR count). The SMILES string of the molecule is COc1ccc(OCC2(O)CCCCC2)c(C(=O)O)c1. The molecule has 0 aromatic heterocycles. The molecule has 0 heterocycles. The molecule has 0 saturated heterocycles. The van der Waals surface area contributed by atoms with Crippen molar-refractivity contribution in [3.63, 3.8) is 0 Å². The predicted molar refractivity (Wildman–Crippen MR) is 73.5 cm³/mol. The molecule has 0 atom stereocenters. The van der Waals surface area contributed by atoms with Crippen LogP contribution in [0.3, 0.4) is 0 Å². The monoisotopic (exact) mass is 280 g/mol. The summed E-state index contributed by atoms with van der Waals surface area (Å²) < 4.78 is 10.6. The molecule has 110 valence electrons. The van der Waals surface area contributed by atoms with Crippen molar-refractivity contribution in [2.75, 3.05) is 13.7 Å². The number of benzene rings is 1. The lowest BCUT2D eigenvalue weighted by Crippen LogP contribution is -2.38. The number of carbonyl (C=O) groups is 1. The molecule has 2 N–H and O–H groups in total. The second-order valence-corrected chi connectivity index (χ2v) is 5.24. The molecule has 1 aliphatic rings. The van der Waals surface area contributed by atoms with Crippen LogP contribution >= 0.6 is 0 Å². The van der Waals surface area contributed by atoms with Crippen LogP contribution in [0, 0.1) is 0 Å². The van der Waals surface area contributed by atoms with E-state index < -0.39 is 11.6 Å². The van der Waals surface area contributed by atoms with E-state index in [2.05, 4.69) is 0 Å². The lowest BCUT2D eigenvalue weighted by Gasteiger charge is -2.31. The third-order valence-electron chi connectivity index (χ3n) is 3.70. The van der Waals surface area contributed by atoms with Crippen LogP contribution in [0.5, 0.6) is 11.5 Å². The first kappa shape index (κ1) is 14.7. The fourth-order valence-electron chi connectivity index (χ4n) is 2.50. The lowest BCUT2D eigenvalue weighted by atomic mass is 9.85. The van der Waals surface area contributed by atoms with Crippen molar-refractivity contribution in [1.82, 2.24) is 0 Å². The number of hydrogen-bond acceptors (Lipinski definition) is 4. The van der Waals surface area contributed by atoms with Gasteiger partial charge in [0.15, 0.2) is 0 Å². The highest BCUT2D eigenvalue weighted by molar-refractivity contribution is 5.91. The highest BCUT2D eigenvalue weighted by atomic mass is 16.5. The molecule has 0 amide bonds. The fourth-order valence-corrected chi connectivity index (χ4v) is 2.50. The molecule has 1 aromatic carbocycles. The van der Waals surface area contributed by atoms with Crippen LogP contribution in [0.15, 0.2) is 18.2 Å². The van der Waals surface area contributed by atoms with Gasteiger partial charge in [-0.3, -0.25) is 0 Å². The zero-order chi connectivity index (χ0) is 14.6. The van der Waals surface area contributed by atoms with Gasteiger partial charge < -0.3 is 19.7 Å². The summed E-state index contributed by atoms with van der Waals surface area (Å²) in [4.78, 5) is 11.2. The summed E-state index contributed by atoms with van der Waals surface area (Å²) in [5.41, 5.74) is -0.794. The zero-order valence-electron chi connectivity index (χ0n) is 11.6. The van der Waals surface area contributed by atoms with Crippen LogP contribution in [0.1, 0.15) is 42.5 Å². The molecule has 0 unspecified atom stereocenters. The number of hydrogen-bond donors (Lipinski definition) is 2. The first-order chi connectivity index (χ1) is 9.54. The van der Waals surface area contributed by atoms with E-state index in [1.54, 1.807) is 12.1 Å². The van der Waals surface area contributed by atoms with Crippen molar-refractivity contribution in [2.24, 2.45) is 0 Å². The molecular formula is C15H20O5. The Morgan fingerprint density at radius 1 is 1.30 bits per heavy atom. The van der Waals surface area contributed by atoms with Crippen LogP contribution in [-0.4, -0.2) is 35.5 Å². The third-order valence-corrected chi connectivity index (χ3v) is 3.70. The number of rotatable bonds is 5. The molecule has 5 heteroatoms. The second-order valence-electron chi connectivity index (χ2n) is 5.24. The van der Waals surface area contributed by atoms with Gasteiger partial charge in [-0.1, -0.05) is 19.3 Å². The van der Waals surface area contributed by atoms with Crippen molar-refractivity contribution >= 4 is 5.97 Å². The lowest BCUT2D eigenvalue weighted by molar-refractivity contribution is -0.0341. The Morgan fingerprint density at radius 2 is 2.00 bits per heavy atom. The van der Waals surface area contributed by atoms with E-state index in [1.165, 1.54) is 13.2 Å².